The zero-order valence-electron chi connectivity index (χ0n) is 11.4. The molecule has 1 heterocycles. The maximum Gasteiger partial charge on any atom is 1.00 e. The van der Waals surface area contributed by atoms with E-state index >= 15 is 0 Å². The molecule has 0 atom stereocenters. The van der Waals surface area contributed by atoms with Gasteiger partial charge in [-0.3, -0.25) is 10.2 Å². The maximum atomic E-state index is 11.6. The monoisotopic (exact) mass is 243 g/mol. The summed E-state index contributed by atoms with van der Waals surface area (Å²) in [5, 5.41) is 7.73. The number of nitrogens with zero attached hydrogens (tertiary/aromatic N) is 1. The summed E-state index contributed by atoms with van der Waals surface area (Å²) in [7, 11) is 0. The van der Waals surface area contributed by atoms with E-state index in [-0.39, 0.29) is 13.9 Å². The van der Waals surface area contributed by atoms with Gasteiger partial charge in [-0.15, -0.1) is 11.3 Å². The first-order valence-corrected chi connectivity index (χ1v) is 5.95. The number of rotatable bonds is 2. The van der Waals surface area contributed by atoms with Crippen LogP contribution in [0.25, 0.3) is 0 Å². The van der Waals surface area contributed by atoms with E-state index in [1.54, 1.807) is 4.57 Å². The van der Waals surface area contributed by atoms with Crippen molar-refractivity contribution in [1.82, 2.24) is 4.57 Å². The third-order valence-corrected chi connectivity index (χ3v) is 3.13. The van der Waals surface area contributed by atoms with Gasteiger partial charge < -0.3 is 9.30 Å². The molecule has 0 radical (unpaired) electrons. The van der Waals surface area contributed by atoms with E-state index in [1.165, 1.54) is 11.3 Å². The number of aromatic nitrogens is 1. The molecule has 0 aliphatic heterocycles. The number of carbonyl (C=O) groups excluding carboxylic acids is 1. The molecule has 5 heteroatoms. The SMILES string of the molecule is Cc1sc(=N)n(CC(=O)OC(C)(C)C)c1C.[H+]. The van der Waals surface area contributed by atoms with Crippen molar-refractivity contribution in [3.05, 3.63) is 15.4 Å². The normalized spacial score (nSPS) is 11.6. The molecule has 0 aliphatic carbocycles. The van der Waals surface area contributed by atoms with E-state index in [4.69, 9.17) is 10.1 Å². The first kappa shape index (κ1) is 13.0. The van der Waals surface area contributed by atoms with Crippen molar-refractivity contribution in [3.8, 4) is 0 Å². The zero-order chi connectivity index (χ0) is 12.5. The van der Waals surface area contributed by atoms with E-state index in [9.17, 15) is 4.79 Å². The molecule has 0 amide bonds. The Morgan fingerprint density at radius 3 is 2.44 bits per heavy atom. The van der Waals surface area contributed by atoms with Crippen LogP contribution in [0.15, 0.2) is 0 Å². The lowest BCUT2D eigenvalue weighted by atomic mass is 10.2. The standard InChI is InChI=1S/C11H18N2O2S/c1-7-8(2)16-10(12)13(7)6-9(14)15-11(3,4)5/h12H,6H2,1-5H3/p+1. The number of esters is 1. The number of ether oxygens (including phenoxy) is 1. The van der Waals surface area contributed by atoms with E-state index in [2.05, 4.69) is 0 Å². The van der Waals surface area contributed by atoms with Gasteiger partial charge in [0.2, 0.25) is 0 Å². The van der Waals surface area contributed by atoms with Gasteiger partial charge in [-0.05, 0) is 34.6 Å². The predicted octanol–water partition coefficient (Wildman–Crippen LogP) is 2.10. The molecule has 4 nitrogen and oxygen atoms in total. The van der Waals surface area contributed by atoms with Gasteiger partial charge in [0.15, 0.2) is 4.80 Å². The van der Waals surface area contributed by atoms with Gasteiger partial charge in [0.1, 0.15) is 12.1 Å². The van der Waals surface area contributed by atoms with Gasteiger partial charge in [0.05, 0.1) is 0 Å². The molecule has 90 valence electrons. The average molecular weight is 243 g/mol. The van der Waals surface area contributed by atoms with Crippen LogP contribution in [0.4, 0.5) is 0 Å². The predicted molar refractivity (Wildman–Crippen MR) is 64.6 cm³/mol. The Kier molecular flexibility index (Phi) is 3.57. The second kappa shape index (κ2) is 4.41. The third kappa shape index (κ3) is 3.20. The highest BCUT2D eigenvalue weighted by Crippen LogP contribution is 2.11. The molecule has 0 aliphatic rings. The van der Waals surface area contributed by atoms with Crippen LogP contribution in [-0.2, 0) is 16.1 Å². The minimum Gasteiger partial charge on any atom is -0.459 e. The number of nitrogens with one attached hydrogen (secondary N) is 1. The lowest BCUT2D eigenvalue weighted by Crippen LogP contribution is -2.29. The van der Waals surface area contributed by atoms with Crippen molar-refractivity contribution in [3.63, 3.8) is 0 Å². The fraction of sp³-hybridized carbons (Fsp3) is 0.636. The molecule has 0 fully saturated rings. The Hall–Kier alpha value is -1.10. The molecule has 0 spiro atoms. The number of carbonyl (C=O) groups is 1. The Labute approximate surface area is 101 Å². The van der Waals surface area contributed by atoms with Gasteiger partial charge in [0, 0.05) is 10.6 Å². The highest BCUT2D eigenvalue weighted by Gasteiger charge is 2.17. The minimum atomic E-state index is -0.473. The van der Waals surface area contributed by atoms with Crippen molar-refractivity contribution in [1.29, 1.82) is 5.41 Å². The van der Waals surface area contributed by atoms with Gasteiger partial charge in [0.25, 0.3) is 0 Å². The Balaban J connectivity index is 0.00000256. The molecule has 1 aromatic rings. The summed E-state index contributed by atoms with van der Waals surface area (Å²) >= 11 is 1.38. The molecule has 0 unspecified atom stereocenters. The number of aryl methyl sites for hydroxylation is 1. The summed E-state index contributed by atoms with van der Waals surface area (Å²) in [6, 6.07) is 0. The summed E-state index contributed by atoms with van der Waals surface area (Å²) in [5.41, 5.74) is 0.486. The summed E-state index contributed by atoms with van der Waals surface area (Å²) in [4.78, 5) is 13.1. The third-order valence-electron chi connectivity index (χ3n) is 2.12. The van der Waals surface area contributed by atoms with Crippen LogP contribution in [-0.4, -0.2) is 16.1 Å². The minimum absolute atomic E-state index is 0. The quantitative estimate of drug-likeness (QED) is 0.809. The van der Waals surface area contributed by atoms with Crippen LogP contribution in [0.3, 0.4) is 0 Å². The van der Waals surface area contributed by atoms with E-state index in [0.29, 0.717) is 4.80 Å². The van der Waals surface area contributed by atoms with E-state index in [0.717, 1.165) is 10.6 Å². The smallest absolute Gasteiger partial charge is 0.459 e. The molecule has 1 N–H and O–H groups in total. The maximum absolute atomic E-state index is 11.6. The van der Waals surface area contributed by atoms with E-state index < -0.39 is 5.60 Å². The van der Waals surface area contributed by atoms with Crippen molar-refractivity contribution >= 4 is 17.3 Å². The molecule has 16 heavy (non-hydrogen) atoms. The summed E-state index contributed by atoms with van der Waals surface area (Å²) in [6.45, 7) is 9.48. The fourth-order valence-electron chi connectivity index (χ4n) is 1.31. The van der Waals surface area contributed by atoms with E-state index in [1.807, 2.05) is 34.6 Å². The van der Waals surface area contributed by atoms with Crippen molar-refractivity contribution in [2.45, 2.75) is 46.8 Å². The van der Waals surface area contributed by atoms with Crippen molar-refractivity contribution < 1.29 is 11.0 Å². The fourth-order valence-corrected chi connectivity index (χ4v) is 2.17. The van der Waals surface area contributed by atoms with Gasteiger partial charge in [-0.25, -0.2) is 0 Å². The molecule has 1 rings (SSSR count). The Morgan fingerprint density at radius 2 is 2.06 bits per heavy atom. The highest BCUT2D eigenvalue weighted by molar-refractivity contribution is 7.09. The van der Waals surface area contributed by atoms with Crippen LogP contribution in [0.2, 0.25) is 0 Å². The first-order chi connectivity index (χ1) is 7.20. The molecular weight excluding hydrogens is 224 g/mol. The number of hydrogen-bond donors (Lipinski definition) is 1. The molecule has 0 saturated carbocycles. The van der Waals surface area contributed by atoms with Gasteiger partial charge >= 0.3 is 7.40 Å². The van der Waals surface area contributed by atoms with Crippen LogP contribution in [0.1, 0.15) is 32.8 Å². The zero-order valence-corrected chi connectivity index (χ0v) is 11.2. The van der Waals surface area contributed by atoms with Crippen molar-refractivity contribution in [2.75, 3.05) is 0 Å². The van der Waals surface area contributed by atoms with Crippen LogP contribution >= 0.6 is 11.3 Å². The lowest BCUT2D eigenvalue weighted by molar-refractivity contribution is -0.155. The summed E-state index contributed by atoms with van der Waals surface area (Å²) in [6.07, 6.45) is 0. The van der Waals surface area contributed by atoms with Crippen LogP contribution in [0.5, 0.6) is 0 Å². The molecular formula is C11H19N2O2S+. The second-order valence-corrected chi connectivity index (χ2v) is 5.92. The number of hydrogen-bond acceptors (Lipinski definition) is 4. The molecule has 0 saturated heterocycles. The summed E-state index contributed by atoms with van der Waals surface area (Å²) in [5.74, 6) is -0.299. The van der Waals surface area contributed by atoms with Gasteiger partial charge in [-0.1, -0.05) is 0 Å². The topological polar surface area (TPSA) is 55.1 Å². The summed E-state index contributed by atoms with van der Waals surface area (Å²) < 4.78 is 6.90. The van der Waals surface area contributed by atoms with Gasteiger partial charge in [-0.2, -0.15) is 0 Å². The second-order valence-electron chi connectivity index (χ2n) is 4.72. The van der Waals surface area contributed by atoms with Crippen molar-refractivity contribution in [2.24, 2.45) is 0 Å². The van der Waals surface area contributed by atoms with Crippen LogP contribution < -0.4 is 4.80 Å². The average Bonchev–Trinajstić information content (AvgIpc) is 2.29. The number of thiazole rings is 1. The molecule has 1 aromatic heterocycles. The lowest BCUT2D eigenvalue weighted by Gasteiger charge is -2.19. The largest absolute Gasteiger partial charge is 1.00 e. The Bertz CT molecular complexity index is 457. The highest BCUT2D eigenvalue weighted by atomic mass is 32.1. The first-order valence-electron chi connectivity index (χ1n) is 5.14. The Morgan fingerprint density at radius 1 is 1.50 bits per heavy atom. The molecule has 0 aromatic carbocycles. The molecule has 0 bridgehead atoms. The van der Waals surface area contributed by atoms with Crippen LogP contribution in [0, 0.1) is 19.3 Å².